The van der Waals surface area contributed by atoms with E-state index < -0.39 is 0 Å². The normalized spacial score (nSPS) is 10.5. The van der Waals surface area contributed by atoms with Crippen LogP contribution in [0.5, 0.6) is 5.75 Å². The molecule has 0 aliphatic rings. The van der Waals surface area contributed by atoms with Gasteiger partial charge in [-0.1, -0.05) is 48.9 Å². The van der Waals surface area contributed by atoms with Gasteiger partial charge in [0.05, 0.1) is 6.61 Å². The Labute approximate surface area is 121 Å². The van der Waals surface area contributed by atoms with Crippen LogP contribution in [0, 0.1) is 6.92 Å². The molecule has 0 amide bonds. The van der Waals surface area contributed by atoms with Crippen molar-refractivity contribution in [1.82, 2.24) is 5.32 Å². The van der Waals surface area contributed by atoms with Crippen molar-refractivity contribution in [1.29, 1.82) is 0 Å². The summed E-state index contributed by atoms with van der Waals surface area (Å²) in [4.78, 5) is 0. The van der Waals surface area contributed by atoms with Crippen LogP contribution < -0.4 is 10.1 Å². The third-order valence-corrected chi connectivity index (χ3v) is 3.26. The Bertz CT molecular complexity index is 502. The molecule has 0 saturated carbocycles. The summed E-state index contributed by atoms with van der Waals surface area (Å²) in [5, 5.41) is 3.29. The van der Waals surface area contributed by atoms with Gasteiger partial charge in [-0.05, 0) is 49.7 Å². The summed E-state index contributed by atoms with van der Waals surface area (Å²) in [6.07, 6.45) is 1.04. The molecule has 2 aromatic carbocycles. The van der Waals surface area contributed by atoms with E-state index in [1.165, 1.54) is 16.7 Å². The third-order valence-electron chi connectivity index (χ3n) is 3.26. The molecule has 2 rings (SSSR count). The van der Waals surface area contributed by atoms with Crippen LogP contribution in [0.2, 0.25) is 0 Å². The van der Waals surface area contributed by atoms with E-state index in [9.17, 15) is 0 Å². The molecule has 0 heterocycles. The van der Waals surface area contributed by atoms with Gasteiger partial charge in [0.25, 0.3) is 0 Å². The molecule has 0 saturated heterocycles. The second-order valence-corrected chi connectivity index (χ2v) is 4.95. The maximum absolute atomic E-state index is 5.72. The Kier molecular flexibility index (Phi) is 5.63. The van der Waals surface area contributed by atoms with Crippen LogP contribution in [-0.2, 0) is 0 Å². The fraction of sp³-hybridized carbons (Fsp3) is 0.333. The molecule has 2 nitrogen and oxygen atoms in total. The van der Waals surface area contributed by atoms with E-state index in [0.29, 0.717) is 0 Å². The van der Waals surface area contributed by atoms with E-state index in [2.05, 4.69) is 55.6 Å². The molecule has 0 aromatic heterocycles. The lowest BCUT2D eigenvalue weighted by Gasteiger charge is -2.08. The third kappa shape index (κ3) is 4.39. The van der Waals surface area contributed by atoms with Gasteiger partial charge in [0.15, 0.2) is 0 Å². The van der Waals surface area contributed by atoms with Crippen LogP contribution in [0.1, 0.15) is 18.9 Å². The fourth-order valence-corrected chi connectivity index (χ4v) is 2.05. The van der Waals surface area contributed by atoms with Crippen molar-refractivity contribution in [2.75, 3.05) is 19.7 Å². The van der Waals surface area contributed by atoms with Gasteiger partial charge < -0.3 is 10.1 Å². The minimum Gasteiger partial charge on any atom is -0.494 e. The van der Waals surface area contributed by atoms with Crippen LogP contribution in [0.4, 0.5) is 0 Å². The second-order valence-electron chi connectivity index (χ2n) is 4.95. The predicted molar refractivity (Wildman–Crippen MR) is 85.3 cm³/mol. The van der Waals surface area contributed by atoms with Gasteiger partial charge in [0.1, 0.15) is 5.75 Å². The van der Waals surface area contributed by atoms with Crippen molar-refractivity contribution in [3.8, 4) is 16.9 Å². The SMILES string of the molecule is CCNCCCOc1ccc(-c2ccc(C)cc2)cc1. The standard InChI is InChI=1S/C18H23NO/c1-3-19-13-4-14-20-18-11-9-17(10-12-18)16-7-5-15(2)6-8-16/h5-12,19H,3-4,13-14H2,1-2H3. The average Bonchev–Trinajstić information content (AvgIpc) is 2.49. The summed E-state index contributed by atoms with van der Waals surface area (Å²) in [5.41, 5.74) is 3.76. The Hall–Kier alpha value is -1.80. The van der Waals surface area contributed by atoms with Gasteiger partial charge in [-0.3, -0.25) is 0 Å². The van der Waals surface area contributed by atoms with E-state index in [0.717, 1.165) is 31.9 Å². The van der Waals surface area contributed by atoms with Crippen molar-refractivity contribution in [3.05, 3.63) is 54.1 Å². The highest BCUT2D eigenvalue weighted by Crippen LogP contribution is 2.22. The average molecular weight is 269 g/mol. The summed E-state index contributed by atoms with van der Waals surface area (Å²) in [5.74, 6) is 0.942. The van der Waals surface area contributed by atoms with E-state index in [-0.39, 0.29) is 0 Å². The van der Waals surface area contributed by atoms with Crippen molar-refractivity contribution in [2.24, 2.45) is 0 Å². The van der Waals surface area contributed by atoms with E-state index in [1.807, 2.05) is 12.1 Å². The highest BCUT2D eigenvalue weighted by Gasteiger charge is 1.98. The number of benzene rings is 2. The molecule has 0 fully saturated rings. The van der Waals surface area contributed by atoms with Crippen molar-refractivity contribution < 1.29 is 4.74 Å². The van der Waals surface area contributed by atoms with E-state index in [4.69, 9.17) is 4.74 Å². The summed E-state index contributed by atoms with van der Waals surface area (Å²) >= 11 is 0. The molecule has 0 bridgehead atoms. The summed E-state index contributed by atoms with van der Waals surface area (Å²) in [7, 11) is 0. The number of hydrogen-bond donors (Lipinski definition) is 1. The molecular weight excluding hydrogens is 246 g/mol. The molecule has 0 atom stereocenters. The first-order valence-electron chi connectivity index (χ1n) is 7.30. The van der Waals surface area contributed by atoms with Crippen LogP contribution in [-0.4, -0.2) is 19.7 Å². The molecule has 106 valence electrons. The van der Waals surface area contributed by atoms with E-state index in [1.54, 1.807) is 0 Å². The monoisotopic (exact) mass is 269 g/mol. The first-order chi connectivity index (χ1) is 9.79. The van der Waals surface area contributed by atoms with Gasteiger partial charge in [0, 0.05) is 0 Å². The van der Waals surface area contributed by atoms with Crippen molar-refractivity contribution >= 4 is 0 Å². The Balaban J connectivity index is 1.88. The first kappa shape index (κ1) is 14.6. The number of rotatable bonds is 7. The lowest BCUT2D eigenvalue weighted by molar-refractivity contribution is 0.309. The first-order valence-corrected chi connectivity index (χ1v) is 7.30. The van der Waals surface area contributed by atoms with Gasteiger partial charge in [-0.25, -0.2) is 0 Å². The molecule has 20 heavy (non-hydrogen) atoms. The minimum atomic E-state index is 0.761. The predicted octanol–water partition coefficient (Wildman–Crippen LogP) is 4.04. The van der Waals surface area contributed by atoms with Gasteiger partial charge in [-0.2, -0.15) is 0 Å². The van der Waals surface area contributed by atoms with E-state index >= 15 is 0 Å². The Morgan fingerprint density at radius 3 is 2.10 bits per heavy atom. The Morgan fingerprint density at radius 2 is 1.50 bits per heavy atom. The number of nitrogens with one attached hydrogen (secondary N) is 1. The summed E-state index contributed by atoms with van der Waals surface area (Å²) in [6.45, 7) is 7.01. The minimum absolute atomic E-state index is 0.761. The van der Waals surface area contributed by atoms with Crippen molar-refractivity contribution in [2.45, 2.75) is 20.3 Å². The fourth-order valence-electron chi connectivity index (χ4n) is 2.05. The highest BCUT2D eigenvalue weighted by atomic mass is 16.5. The molecule has 0 unspecified atom stereocenters. The number of aryl methyl sites for hydroxylation is 1. The molecule has 0 aliphatic heterocycles. The Morgan fingerprint density at radius 1 is 0.900 bits per heavy atom. The largest absolute Gasteiger partial charge is 0.494 e. The summed E-state index contributed by atoms with van der Waals surface area (Å²) in [6, 6.07) is 16.9. The second kappa shape index (κ2) is 7.71. The van der Waals surface area contributed by atoms with Crippen LogP contribution in [0.25, 0.3) is 11.1 Å². The van der Waals surface area contributed by atoms with Gasteiger partial charge >= 0.3 is 0 Å². The molecule has 2 aromatic rings. The lowest BCUT2D eigenvalue weighted by Crippen LogP contribution is -2.16. The van der Waals surface area contributed by atoms with Crippen LogP contribution in [0.3, 0.4) is 0 Å². The zero-order valence-electron chi connectivity index (χ0n) is 12.4. The van der Waals surface area contributed by atoms with Gasteiger partial charge in [0.2, 0.25) is 0 Å². The smallest absolute Gasteiger partial charge is 0.119 e. The topological polar surface area (TPSA) is 21.3 Å². The molecule has 0 radical (unpaired) electrons. The molecule has 0 spiro atoms. The zero-order chi connectivity index (χ0) is 14.2. The van der Waals surface area contributed by atoms with Crippen LogP contribution in [0.15, 0.2) is 48.5 Å². The molecule has 2 heteroatoms. The quantitative estimate of drug-likeness (QED) is 0.766. The number of ether oxygens (including phenoxy) is 1. The van der Waals surface area contributed by atoms with Crippen molar-refractivity contribution in [3.63, 3.8) is 0 Å². The van der Waals surface area contributed by atoms with Crippen LogP contribution >= 0.6 is 0 Å². The zero-order valence-corrected chi connectivity index (χ0v) is 12.4. The summed E-state index contributed by atoms with van der Waals surface area (Å²) < 4.78 is 5.72. The lowest BCUT2D eigenvalue weighted by atomic mass is 10.0. The number of hydrogen-bond acceptors (Lipinski definition) is 2. The molecule has 1 N–H and O–H groups in total. The maximum Gasteiger partial charge on any atom is 0.119 e. The van der Waals surface area contributed by atoms with Gasteiger partial charge in [-0.15, -0.1) is 0 Å². The molecular formula is C18H23NO. The molecule has 0 aliphatic carbocycles. The maximum atomic E-state index is 5.72. The highest BCUT2D eigenvalue weighted by molar-refractivity contribution is 5.64.